The Labute approximate surface area is 129 Å². The summed E-state index contributed by atoms with van der Waals surface area (Å²) in [5, 5.41) is 0. The molecule has 0 spiro atoms. The second kappa shape index (κ2) is 6.11. The van der Waals surface area contributed by atoms with Crippen LogP contribution in [-0.4, -0.2) is 28.2 Å². The van der Waals surface area contributed by atoms with Gasteiger partial charge in [0.25, 0.3) is 5.56 Å². The summed E-state index contributed by atoms with van der Waals surface area (Å²) < 4.78 is 45.1. The summed E-state index contributed by atoms with van der Waals surface area (Å²) in [5.41, 5.74) is -2.06. The second-order valence-corrected chi connectivity index (χ2v) is 5.30. The van der Waals surface area contributed by atoms with Gasteiger partial charge < -0.3 is 9.72 Å². The Morgan fingerprint density at radius 2 is 1.83 bits per heavy atom. The number of nitrogens with one attached hydrogen (secondary N) is 1. The Morgan fingerprint density at radius 3 is 2.43 bits per heavy atom. The molecule has 0 atom stereocenters. The lowest BCUT2D eigenvalue weighted by Gasteiger charge is -2.24. The molecule has 1 aliphatic rings. The first-order chi connectivity index (χ1) is 11.0. The summed E-state index contributed by atoms with van der Waals surface area (Å²) in [5.74, 6) is -0.324. The third-order valence-corrected chi connectivity index (χ3v) is 3.79. The largest absolute Gasteiger partial charge is 0.423 e. The van der Waals surface area contributed by atoms with Gasteiger partial charge in [-0.15, -0.1) is 0 Å². The average Bonchev–Trinajstić information content (AvgIpc) is 2.54. The molecule has 2 aromatic heterocycles. The molecule has 0 radical (unpaired) electrons. The first-order valence-electron chi connectivity index (χ1n) is 7.16. The van der Waals surface area contributed by atoms with Crippen LogP contribution in [0.25, 0.3) is 11.4 Å². The van der Waals surface area contributed by atoms with Gasteiger partial charge in [0.2, 0.25) is 0 Å². The molecule has 122 valence electrons. The van der Waals surface area contributed by atoms with Crippen molar-refractivity contribution in [3.05, 3.63) is 46.1 Å². The van der Waals surface area contributed by atoms with Crippen LogP contribution < -0.4 is 5.56 Å². The van der Waals surface area contributed by atoms with E-state index in [-0.39, 0.29) is 11.5 Å². The highest BCUT2D eigenvalue weighted by Crippen LogP contribution is 2.36. The van der Waals surface area contributed by atoms with Gasteiger partial charge in [0.15, 0.2) is 0 Å². The lowest BCUT2D eigenvalue weighted by Crippen LogP contribution is -2.29. The topological polar surface area (TPSA) is 67.9 Å². The van der Waals surface area contributed by atoms with E-state index in [0.717, 1.165) is 0 Å². The van der Waals surface area contributed by atoms with Crippen molar-refractivity contribution in [2.45, 2.75) is 24.9 Å². The molecule has 1 N–H and O–H groups in total. The highest BCUT2D eigenvalue weighted by molar-refractivity contribution is 5.54. The van der Waals surface area contributed by atoms with E-state index in [2.05, 4.69) is 15.0 Å². The Kier molecular flexibility index (Phi) is 4.16. The third kappa shape index (κ3) is 3.26. The van der Waals surface area contributed by atoms with Crippen molar-refractivity contribution in [2.24, 2.45) is 0 Å². The van der Waals surface area contributed by atoms with Crippen LogP contribution in [0.2, 0.25) is 0 Å². The van der Waals surface area contributed by atoms with E-state index < -0.39 is 23.2 Å². The first-order valence-corrected chi connectivity index (χ1v) is 7.16. The van der Waals surface area contributed by atoms with Gasteiger partial charge in [-0.05, 0) is 25.0 Å². The molecule has 1 aliphatic heterocycles. The van der Waals surface area contributed by atoms with E-state index in [1.807, 2.05) is 0 Å². The minimum absolute atomic E-state index is 0.117. The SMILES string of the molecule is O=c1[nH]c(-c2ccncc2)nc(C2CCOCC2)c1C(F)(F)F. The van der Waals surface area contributed by atoms with Gasteiger partial charge in [0, 0.05) is 37.1 Å². The lowest BCUT2D eigenvalue weighted by atomic mass is 9.93. The van der Waals surface area contributed by atoms with E-state index in [9.17, 15) is 18.0 Å². The van der Waals surface area contributed by atoms with Gasteiger partial charge >= 0.3 is 6.18 Å². The maximum Gasteiger partial charge on any atom is 0.423 e. The second-order valence-electron chi connectivity index (χ2n) is 5.30. The first kappa shape index (κ1) is 15.7. The minimum Gasteiger partial charge on any atom is -0.381 e. The molecule has 2 aromatic rings. The quantitative estimate of drug-likeness (QED) is 0.922. The minimum atomic E-state index is -4.75. The predicted octanol–water partition coefficient (Wildman–Crippen LogP) is 2.74. The summed E-state index contributed by atoms with van der Waals surface area (Å²) in [6, 6.07) is 3.17. The molecule has 23 heavy (non-hydrogen) atoms. The van der Waals surface area contributed by atoms with Crippen molar-refractivity contribution in [3.63, 3.8) is 0 Å². The molecule has 8 heteroatoms. The fourth-order valence-corrected chi connectivity index (χ4v) is 2.68. The van der Waals surface area contributed by atoms with Gasteiger partial charge in [0.1, 0.15) is 11.4 Å². The Bertz CT molecular complexity index is 738. The number of pyridine rings is 1. The molecular weight excluding hydrogens is 311 g/mol. The van der Waals surface area contributed by atoms with Crippen molar-refractivity contribution < 1.29 is 17.9 Å². The number of ether oxygens (including phenoxy) is 1. The summed E-state index contributed by atoms with van der Waals surface area (Å²) >= 11 is 0. The maximum absolute atomic E-state index is 13.3. The molecule has 0 bridgehead atoms. The summed E-state index contributed by atoms with van der Waals surface area (Å²) in [7, 11) is 0. The molecule has 0 aliphatic carbocycles. The summed E-state index contributed by atoms with van der Waals surface area (Å²) in [6.45, 7) is 0.724. The predicted molar refractivity (Wildman–Crippen MR) is 75.9 cm³/mol. The molecule has 0 amide bonds. The van der Waals surface area contributed by atoms with Crippen LogP contribution in [0.4, 0.5) is 13.2 Å². The lowest BCUT2D eigenvalue weighted by molar-refractivity contribution is -0.140. The highest BCUT2D eigenvalue weighted by Gasteiger charge is 2.40. The van der Waals surface area contributed by atoms with Crippen molar-refractivity contribution in [3.8, 4) is 11.4 Å². The maximum atomic E-state index is 13.3. The molecule has 1 fully saturated rings. The van der Waals surface area contributed by atoms with Crippen molar-refractivity contribution in [2.75, 3.05) is 13.2 Å². The fourth-order valence-electron chi connectivity index (χ4n) is 2.68. The van der Waals surface area contributed by atoms with Gasteiger partial charge in [-0.25, -0.2) is 4.98 Å². The zero-order valence-electron chi connectivity index (χ0n) is 12.1. The smallest absolute Gasteiger partial charge is 0.381 e. The van der Waals surface area contributed by atoms with Crippen LogP contribution in [-0.2, 0) is 10.9 Å². The average molecular weight is 325 g/mol. The molecule has 3 heterocycles. The van der Waals surface area contributed by atoms with Crippen LogP contribution in [0, 0.1) is 0 Å². The van der Waals surface area contributed by atoms with Gasteiger partial charge in [-0.1, -0.05) is 0 Å². The Balaban J connectivity index is 2.16. The van der Waals surface area contributed by atoms with Crippen molar-refractivity contribution >= 4 is 0 Å². The zero-order chi connectivity index (χ0) is 16.4. The molecule has 1 saturated heterocycles. The van der Waals surface area contributed by atoms with Crippen LogP contribution in [0.1, 0.15) is 30.0 Å². The number of hydrogen-bond donors (Lipinski definition) is 1. The Morgan fingerprint density at radius 1 is 1.17 bits per heavy atom. The van der Waals surface area contributed by atoms with E-state index in [4.69, 9.17) is 4.74 Å². The standard InChI is InChI=1S/C15H14F3N3O2/c16-15(17,18)11-12(9-3-7-23-8-4-9)20-13(21-14(11)22)10-1-5-19-6-2-10/h1-2,5-6,9H,3-4,7-8H2,(H,20,21,22). The molecule has 3 rings (SSSR count). The van der Waals surface area contributed by atoms with E-state index in [0.29, 0.717) is 31.6 Å². The number of hydrogen-bond acceptors (Lipinski definition) is 4. The number of nitrogens with zero attached hydrogens (tertiary/aromatic N) is 2. The van der Waals surface area contributed by atoms with Gasteiger partial charge in [-0.2, -0.15) is 13.2 Å². The third-order valence-electron chi connectivity index (χ3n) is 3.79. The van der Waals surface area contributed by atoms with Crippen molar-refractivity contribution in [1.82, 2.24) is 15.0 Å². The Hall–Kier alpha value is -2.22. The zero-order valence-corrected chi connectivity index (χ0v) is 12.1. The molecule has 5 nitrogen and oxygen atoms in total. The highest BCUT2D eigenvalue weighted by atomic mass is 19.4. The van der Waals surface area contributed by atoms with Crippen molar-refractivity contribution in [1.29, 1.82) is 0 Å². The summed E-state index contributed by atoms with van der Waals surface area (Å²) in [4.78, 5) is 22.3. The number of aromatic nitrogens is 3. The number of H-pyrrole nitrogens is 1. The van der Waals surface area contributed by atoms with E-state index >= 15 is 0 Å². The van der Waals surface area contributed by atoms with Crippen LogP contribution in [0.5, 0.6) is 0 Å². The van der Waals surface area contributed by atoms with Gasteiger partial charge in [-0.3, -0.25) is 9.78 Å². The number of halogens is 3. The normalized spacial score (nSPS) is 16.5. The monoisotopic (exact) mass is 325 g/mol. The van der Waals surface area contributed by atoms with Crippen LogP contribution >= 0.6 is 0 Å². The molecule has 0 saturated carbocycles. The number of rotatable bonds is 2. The fraction of sp³-hybridized carbons (Fsp3) is 0.400. The summed E-state index contributed by atoms with van der Waals surface area (Å²) in [6.07, 6.45) is -0.947. The van der Waals surface area contributed by atoms with Gasteiger partial charge in [0.05, 0.1) is 5.69 Å². The van der Waals surface area contributed by atoms with Crippen LogP contribution in [0.3, 0.4) is 0 Å². The number of alkyl halides is 3. The molecular formula is C15H14F3N3O2. The van der Waals surface area contributed by atoms with Crippen LogP contribution in [0.15, 0.2) is 29.3 Å². The van der Waals surface area contributed by atoms with E-state index in [1.54, 1.807) is 12.1 Å². The van der Waals surface area contributed by atoms with E-state index in [1.165, 1.54) is 12.4 Å². The molecule has 0 unspecified atom stereocenters. The number of aromatic amines is 1. The molecule has 0 aromatic carbocycles.